The predicted molar refractivity (Wildman–Crippen MR) is 106 cm³/mol. The third-order valence-corrected chi connectivity index (χ3v) is 6.51. The molecule has 3 heterocycles. The first kappa shape index (κ1) is 19.8. The van der Waals surface area contributed by atoms with Crippen LogP contribution in [0.2, 0.25) is 0 Å². The third kappa shape index (κ3) is 4.56. The SMILES string of the molecule is CCOC(=O)c1c(C2CC2)csc1NC(=O)CN1CCC(C2OCCO2)CC1. The van der Waals surface area contributed by atoms with Gasteiger partial charge in [0.05, 0.1) is 31.9 Å². The van der Waals surface area contributed by atoms with Crippen LogP contribution in [0, 0.1) is 5.92 Å². The average Bonchev–Trinajstić information content (AvgIpc) is 3.22. The van der Waals surface area contributed by atoms with Gasteiger partial charge in [-0.25, -0.2) is 4.79 Å². The highest BCUT2D eigenvalue weighted by molar-refractivity contribution is 7.15. The van der Waals surface area contributed by atoms with Crippen molar-refractivity contribution in [3.8, 4) is 0 Å². The summed E-state index contributed by atoms with van der Waals surface area (Å²) < 4.78 is 16.4. The van der Waals surface area contributed by atoms with E-state index in [9.17, 15) is 9.59 Å². The molecule has 2 saturated heterocycles. The zero-order valence-electron chi connectivity index (χ0n) is 16.3. The van der Waals surface area contributed by atoms with Gasteiger partial charge in [-0.15, -0.1) is 11.3 Å². The van der Waals surface area contributed by atoms with Crippen LogP contribution in [0.4, 0.5) is 5.00 Å². The van der Waals surface area contributed by atoms with Gasteiger partial charge in [0.15, 0.2) is 6.29 Å². The fourth-order valence-electron chi connectivity index (χ4n) is 3.97. The van der Waals surface area contributed by atoms with E-state index in [1.165, 1.54) is 11.3 Å². The molecule has 0 radical (unpaired) electrons. The van der Waals surface area contributed by atoms with Gasteiger partial charge in [-0.3, -0.25) is 9.69 Å². The molecule has 1 aliphatic carbocycles. The maximum absolute atomic E-state index is 12.6. The van der Waals surface area contributed by atoms with Crippen molar-refractivity contribution >= 4 is 28.2 Å². The lowest BCUT2D eigenvalue weighted by atomic mass is 9.96. The Labute approximate surface area is 169 Å². The number of nitrogens with zero attached hydrogens (tertiary/aromatic N) is 1. The van der Waals surface area contributed by atoms with Crippen molar-refractivity contribution in [1.29, 1.82) is 0 Å². The van der Waals surface area contributed by atoms with E-state index in [0.717, 1.165) is 44.3 Å². The molecule has 0 unspecified atom stereocenters. The van der Waals surface area contributed by atoms with Crippen molar-refractivity contribution in [2.75, 3.05) is 44.8 Å². The minimum atomic E-state index is -0.335. The van der Waals surface area contributed by atoms with Crippen molar-refractivity contribution in [2.24, 2.45) is 5.92 Å². The van der Waals surface area contributed by atoms with E-state index in [4.69, 9.17) is 14.2 Å². The highest BCUT2D eigenvalue weighted by atomic mass is 32.1. The zero-order valence-corrected chi connectivity index (χ0v) is 17.1. The molecule has 0 atom stereocenters. The molecule has 8 heteroatoms. The number of hydrogen-bond acceptors (Lipinski definition) is 7. The molecule has 1 aromatic heterocycles. The number of esters is 1. The van der Waals surface area contributed by atoms with Crippen LogP contribution in [0.25, 0.3) is 0 Å². The molecular formula is C20H28N2O5S. The summed E-state index contributed by atoms with van der Waals surface area (Å²) in [4.78, 5) is 27.2. The number of carbonyl (C=O) groups excluding carboxylic acids is 2. The van der Waals surface area contributed by atoms with Crippen LogP contribution in [0.15, 0.2) is 5.38 Å². The van der Waals surface area contributed by atoms with Gasteiger partial charge >= 0.3 is 5.97 Å². The van der Waals surface area contributed by atoms with Crippen LogP contribution in [0.3, 0.4) is 0 Å². The molecule has 3 aliphatic rings. The lowest BCUT2D eigenvalue weighted by Gasteiger charge is -2.33. The summed E-state index contributed by atoms with van der Waals surface area (Å²) in [5, 5.41) is 5.57. The fraction of sp³-hybridized carbons (Fsp3) is 0.700. The summed E-state index contributed by atoms with van der Waals surface area (Å²) >= 11 is 1.42. The Balaban J connectivity index is 1.32. The van der Waals surface area contributed by atoms with Gasteiger partial charge in [0.25, 0.3) is 0 Å². The number of likely N-dealkylation sites (tertiary alicyclic amines) is 1. The first-order chi connectivity index (χ1) is 13.7. The maximum atomic E-state index is 12.6. The Morgan fingerprint density at radius 3 is 2.57 bits per heavy atom. The number of rotatable bonds is 7. The second-order valence-electron chi connectivity index (χ2n) is 7.66. The van der Waals surface area contributed by atoms with Crippen molar-refractivity contribution in [3.05, 3.63) is 16.5 Å². The largest absolute Gasteiger partial charge is 0.462 e. The normalized spacial score (nSPS) is 21.8. The van der Waals surface area contributed by atoms with Crippen LogP contribution in [0.1, 0.15) is 54.4 Å². The van der Waals surface area contributed by atoms with Gasteiger partial charge in [-0.2, -0.15) is 0 Å². The summed E-state index contributed by atoms with van der Waals surface area (Å²) in [6, 6.07) is 0. The summed E-state index contributed by atoms with van der Waals surface area (Å²) in [6.45, 7) is 5.52. The molecule has 154 valence electrons. The van der Waals surface area contributed by atoms with E-state index in [-0.39, 0.29) is 18.2 Å². The summed E-state index contributed by atoms with van der Waals surface area (Å²) in [6.07, 6.45) is 4.06. The first-order valence-corrected chi connectivity index (χ1v) is 11.1. The monoisotopic (exact) mass is 408 g/mol. The Bertz CT molecular complexity index is 703. The van der Waals surface area contributed by atoms with Crippen molar-refractivity contribution in [2.45, 2.75) is 44.8 Å². The molecule has 1 saturated carbocycles. The van der Waals surface area contributed by atoms with E-state index in [1.807, 2.05) is 5.38 Å². The molecule has 3 fully saturated rings. The molecule has 0 aromatic carbocycles. The highest BCUT2D eigenvalue weighted by Gasteiger charge is 2.33. The summed E-state index contributed by atoms with van der Waals surface area (Å²) in [5.41, 5.74) is 1.58. The number of piperidine rings is 1. The molecule has 2 aliphatic heterocycles. The summed E-state index contributed by atoms with van der Waals surface area (Å²) in [7, 11) is 0. The molecule has 0 bridgehead atoms. The number of amides is 1. The van der Waals surface area contributed by atoms with Crippen molar-refractivity contribution in [3.63, 3.8) is 0 Å². The molecule has 1 amide bonds. The number of hydrogen-bond donors (Lipinski definition) is 1. The average molecular weight is 409 g/mol. The van der Waals surface area contributed by atoms with Gasteiger partial charge in [0.2, 0.25) is 5.91 Å². The van der Waals surface area contributed by atoms with E-state index in [2.05, 4.69) is 10.2 Å². The van der Waals surface area contributed by atoms with E-state index in [1.54, 1.807) is 6.92 Å². The zero-order chi connectivity index (χ0) is 19.5. The highest BCUT2D eigenvalue weighted by Crippen LogP contribution is 2.46. The Morgan fingerprint density at radius 2 is 1.93 bits per heavy atom. The predicted octanol–water partition coefficient (Wildman–Crippen LogP) is 2.83. The van der Waals surface area contributed by atoms with Crippen LogP contribution in [-0.4, -0.2) is 62.5 Å². The summed E-state index contributed by atoms with van der Waals surface area (Å²) in [5.74, 6) is 0.427. The van der Waals surface area contributed by atoms with Gasteiger partial charge in [-0.05, 0) is 62.6 Å². The lowest BCUT2D eigenvalue weighted by molar-refractivity contribution is -0.119. The molecule has 28 heavy (non-hydrogen) atoms. The third-order valence-electron chi connectivity index (χ3n) is 5.60. The number of anilines is 1. The van der Waals surface area contributed by atoms with Crippen molar-refractivity contribution in [1.82, 2.24) is 4.90 Å². The van der Waals surface area contributed by atoms with E-state index >= 15 is 0 Å². The maximum Gasteiger partial charge on any atom is 0.341 e. The Kier molecular flexibility index (Phi) is 6.30. The molecule has 4 rings (SSSR count). The van der Waals surface area contributed by atoms with Gasteiger partial charge < -0.3 is 19.5 Å². The second-order valence-corrected chi connectivity index (χ2v) is 8.54. The fourth-order valence-corrected chi connectivity index (χ4v) is 5.02. The Morgan fingerprint density at radius 1 is 1.21 bits per heavy atom. The number of thiophene rings is 1. The standard InChI is InChI=1S/C20H28N2O5S/c1-2-25-19(24)17-15(13-3-4-13)12-28-18(17)21-16(23)11-22-7-5-14(6-8-22)20-26-9-10-27-20/h12-14,20H,2-11H2,1H3,(H,21,23). The van der Waals surface area contributed by atoms with E-state index in [0.29, 0.717) is 48.8 Å². The second kappa shape index (κ2) is 8.90. The van der Waals surface area contributed by atoms with Crippen LogP contribution < -0.4 is 5.32 Å². The topological polar surface area (TPSA) is 77.1 Å². The van der Waals surface area contributed by atoms with Crippen LogP contribution >= 0.6 is 11.3 Å². The van der Waals surface area contributed by atoms with Crippen LogP contribution in [0.5, 0.6) is 0 Å². The minimum Gasteiger partial charge on any atom is -0.462 e. The van der Waals surface area contributed by atoms with Crippen LogP contribution in [-0.2, 0) is 19.0 Å². The molecular weight excluding hydrogens is 380 g/mol. The number of ether oxygens (including phenoxy) is 3. The molecule has 7 nitrogen and oxygen atoms in total. The molecule has 1 N–H and O–H groups in total. The van der Waals surface area contributed by atoms with Gasteiger partial charge in [0.1, 0.15) is 5.00 Å². The Hall–Kier alpha value is -1.48. The minimum absolute atomic E-state index is 0.0740. The van der Waals surface area contributed by atoms with Crippen molar-refractivity contribution < 1.29 is 23.8 Å². The lowest BCUT2D eigenvalue weighted by Crippen LogP contribution is -2.41. The van der Waals surface area contributed by atoms with Gasteiger partial charge in [-0.1, -0.05) is 0 Å². The molecule has 0 spiro atoms. The first-order valence-electron chi connectivity index (χ1n) is 10.2. The molecule has 1 aromatic rings. The van der Waals surface area contributed by atoms with Gasteiger partial charge in [0, 0.05) is 5.92 Å². The smallest absolute Gasteiger partial charge is 0.341 e. The number of nitrogens with one attached hydrogen (secondary N) is 1. The van der Waals surface area contributed by atoms with E-state index < -0.39 is 0 Å². The quantitative estimate of drug-likeness (QED) is 0.699. The number of carbonyl (C=O) groups is 2.